The number of carbonyl (C=O) groups excluding carboxylic acids is 1. The number of hydrogen-bond donors (Lipinski definition) is 1. The second kappa shape index (κ2) is 4.96. The van der Waals surface area contributed by atoms with E-state index in [1.165, 1.54) is 5.56 Å². The molecule has 2 nitrogen and oxygen atoms in total. The van der Waals surface area contributed by atoms with Gasteiger partial charge in [-0.05, 0) is 43.9 Å². The van der Waals surface area contributed by atoms with Crippen LogP contribution in [0.15, 0.2) is 17.5 Å². The Morgan fingerprint density at radius 2 is 2.29 bits per heavy atom. The van der Waals surface area contributed by atoms with E-state index in [-0.39, 0.29) is 11.9 Å². The molecule has 0 aromatic carbocycles. The summed E-state index contributed by atoms with van der Waals surface area (Å²) in [6.45, 7) is 5.93. The van der Waals surface area contributed by atoms with Crippen molar-refractivity contribution in [3.05, 3.63) is 28.0 Å². The van der Waals surface area contributed by atoms with Crippen molar-refractivity contribution in [1.29, 1.82) is 0 Å². The minimum atomic E-state index is -0.0344. The minimum absolute atomic E-state index is 0.0344. The number of carbonyl (C=O) groups is 1. The maximum Gasteiger partial charge on any atom is 0.244 e. The molecule has 0 unspecified atom stereocenters. The third-order valence-electron chi connectivity index (χ3n) is 1.72. The summed E-state index contributed by atoms with van der Waals surface area (Å²) < 4.78 is 0. The van der Waals surface area contributed by atoms with E-state index in [1.807, 2.05) is 38.3 Å². The Kier molecular flexibility index (Phi) is 3.89. The van der Waals surface area contributed by atoms with Crippen LogP contribution in [0.1, 0.15) is 24.3 Å². The van der Waals surface area contributed by atoms with Gasteiger partial charge in [-0.15, -0.1) is 11.3 Å². The summed E-state index contributed by atoms with van der Waals surface area (Å²) >= 11 is 1.64. The van der Waals surface area contributed by atoms with Crippen molar-refractivity contribution in [2.45, 2.75) is 26.8 Å². The van der Waals surface area contributed by atoms with Crippen LogP contribution < -0.4 is 5.32 Å². The number of hydrogen-bond acceptors (Lipinski definition) is 2. The largest absolute Gasteiger partial charge is 0.350 e. The number of amides is 1. The van der Waals surface area contributed by atoms with Gasteiger partial charge in [-0.25, -0.2) is 0 Å². The SMILES string of the molecule is Cc1ccsc1C=CC(=O)NC(C)C. The minimum Gasteiger partial charge on any atom is -0.350 e. The number of rotatable bonds is 3. The first-order valence-corrected chi connectivity index (χ1v) is 5.50. The second-order valence-corrected chi connectivity index (χ2v) is 4.41. The molecule has 1 heterocycles. The summed E-state index contributed by atoms with van der Waals surface area (Å²) in [5.74, 6) is -0.0344. The van der Waals surface area contributed by atoms with E-state index in [2.05, 4.69) is 5.32 Å². The quantitative estimate of drug-likeness (QED) is 0.762. The molecular weight excluding hydrogens is 194 g/mol. The lowest BCUT2D eigenvalue weighted by atomic mass is 10.2. The molecule has 0 atom stereocenters. The number of thiophene rings is 1. The lowest BCUT2D eigenvalue weighted by Crippen LogP contribution is -2.28. The molecule has 1 N–H and O–H groups in total. The molecule has 0 fully saturated rings. The zero-order chi connectivity index (χ0) is 10.6. The summed E-state index contributed by atoms with van der Waals surface area (Å²) in [5.41, 5.74) is 1.21. The molecule has 0 aliphatic rings. The first kappa shape index (κ1) is 11.0. The predicted molar refractivity (Wildman–Crippen MR) is 61.4 cm³/mol. The Morgan fingerprint density at radius 1 is 1.57 bits per heavy atom. The molecule has 0 bridgehead atoms. The molecule has 0 aliphatic carbocycles. The summed E-state index contributed by atoms with van der Waals surface area (Å²) in [6.07, 6.45) is 3.44. The molecule has 1 aromatic heterocycles. The molecule has 76 valence electrons. The van der Waals surface area contributed by atoms with Crippen LogP contribution in [0.5, 0.6) is 0 Å². The van der Waals surface area contributed by atoms with Crippen LogP contribution in [0.3, 0.4) is 0 Å². The molecule has 3 heteroatoms. The Labute approximate surface area is 88.6 Å². The zero-order valence-corrected chi connectivity index (χ0v) is 9.52. The summed E-state index contributed by atoms with van der Waals surface area (Å²) in [6, 6.07) is 2.24. The lowest BCUT2D eigenvalue weighted by molar-refractivity contribution is -0.116. The molecule has 1 rings (SSSR count). The average molecular weight is 209 g/mol. The summed E-state index contributed by atoms with van der Waals surface area (Å²) in [5, 5.41) is 4.83. The Balaban J connectivity index is 2.56. The van der Waals surface area contributed by atoms with Crippen LogP contribution in [0.4, 0.5) is 0 Å². The highest BCUT2D eigenvalue weighted by Crippen LogP contribution is 2.16. The van der Waals surface area contributed by atoms with Crippen LogP contribution in [-0.4, -0.2) is 11.9 Å². The zero-order valence-electron chi connectivity index (χ0n) is 8.70. The molecule has 14 heavy (non-hydrogen) atoms. The van der Waals surface area contributed by atoms with Crippen molar-refractivity contribution in [2.75, 3.05) is 0 Å². The van der Waals surface area contributed by atoms with Crippen molar-refractivity contribution in [3.63, 3.8) is 0 Å². The summed E-state index contributed by atoms with van der Waals surface area (Å²) in [7, 11) is 0. The molecule has 1 amide bonds. The third kappa shape index (κ3) is 3.34. The van der Waals surface area contributed by atoms with E-state index in [1.54, 1.807) is 17.4 Å². The van der Waals surface area contributed by atoms with E-state index in [9.17, 15) is 4.79 Å². The van der Waals surface area contributed by atoms with Gasteiger partial charge < -0.3 is 5.32 Å². The van der Waals surface area contributed by atoms with Crippen molar-refractivity contribution < 1.29 is 4.79 Å². The molecule has 0 spiro atoms. The standard InChI is InChI=1S/C11H15NOS/c1-8(2)12-11(13)5-4-10-9(3)6-7-14-10/h4-8H,1-3H3,(H,12,13). The average Bonchev–Trinajstić information content (AvgIpc) is 2.46. The van der Waals surface area contributed by atoms with Gasteiger partial charge >= 0.3 is 0 Å². The molecule has 0 radical (unpaired) electrons. The van der Waals surface area contributed by atoms with Crippen LogP contribution in [0, 0.1) is 6.92 Å². The Morgan fingerprint density at radius 3 is 2.79 bits per heavy atom. The first-order valence-electron chi connectivity index (χ1n) is 4.62. The van der Waals surface area contributed by atoms with Gasteiger partial charge in [-0.3, -0.25) is 4.79 Å². The molecular formula is C11H15NOS. The highest BCUT2D eigenvalue weighted by atomic mass is 32.1. The van der Waals surface area contributed by atoms with E-state index >= 15 is 0 Å². The molecule has 0 saturated carbocycles. The van der Waals surface area contributed by atoms with Crippen LogP contribution in [0.25, 0.3) is 6.08 Å². The van der Waals surface area contributed by atoms with Crippen molar-refractivity contribution >= 4 is 23.3 Å². The van der Waals surface area contributed by atoms with Crippen molar-refractivity contribution in [1.82, 2.24) is 5.32 Å². The fourth-order valence-corrected chi connectivity index (χ4v) is 1.86. The fraction of sp³-hybridized carbons (Fsp3) is 0.364. The van der Waals surface area contributed by atoms with Gasteiger partial charge in [0.25, 0.3) is 0 Å². The van der Waals surface area contributed by atoms with E-state index < -0.39 is 0 Å². The number of nitrogens with one attached hydrogen (secondary N) is 1. The monoisotopic (exact) mass is 209 g/mol. The van der Waals surface area contributed by atoms with Crippen molar-refractivity contribution in [2.24, 2.45) is 0 Å². The lowest BCUT2D eigenvalue weighted by Gasteiger charge is -2.03. The van der Waals surface area contributed by atoms with Crippen molar-refractivity contribution in [3.8, 4) is 0 Å². The summed E-state index contributed by atoms with van der Waals surface area (Å²) in [4.78, 5) is 12.4. The highest BCUT2D eigenvalue weighted by molar-refractivity contribution is 7.11. The van der Waals surface area contributed by atoms with E-state index in [4.69, 9.17) is 0 Å². The Hall–Kier alpha value is -1.09. The highest BCUT2D eigenvalue weighted by Gasteiger charge is 1.99. The predicted octanol–water partition coefficient (Wildman–Crippen LogP) is 2.59. The molecule has 0 saturated heterocycles. The van der Waals surface area contributed by atoms with Crippen LogP contribution in [0.2, 0.25) is 0 Å². The normalized spacial score (nSPS) is 11.1. The Bertz CT molecular complexity index is 339. The topological polar surface area (TPSA) is 29.1 Å². The molecule has 0 aliphatic heterocycles. The maximum atomic E-state index is 11.3. The fourth-order valence-electron chi connectivity index (χ4n) is 1.04. The van der Waals surface area contributed by atoms with Gasteiger partial charge in [0, 0.05) is 17.0 Å². The molecule has 1 aromatic rings. The maximum absolute atomic E-state index is 11.3. The first-order chi connectivity index (χ1) is 6.59. The van der Waals surface area contributed by atoms with Gasteiger partial charge in [0.1, 0.15) is 0 Å². The number of aryl methyl sites for hydroxylation is 1. The van der Waals surface area contributed by atoms with Gasteiger partial charge in [0.15, 0.2) is 0 Å². The van der Waals surface area contributed by atoms with Gasteiger partial charge in [-0.2, -0.15) is 0 Å². The third-order valence-corrected chi connectivity index (χ3v) is 2.70. The van der Waals surface area contributed by atoms with Gasteiger partial charge in [0.05, 0.1) is 0 Å². The van der Waals surface area contributed by atoms with Gasteiger partial charge in [0.2, 0.25) is 5.91 Å². The van der Waals surface area contributed by atoms with Gasteiger partial charge in [-0.1, -0.05) is 0 Å². The van der Waals surface area contributed by atoms with E-state index in [0.29, 0.717) is 0 Å². The van der Waals surface area contributed by atoms with Crippen LogP contribution in [-0.2, 0) is 4.79 Å². The second-order valence-electron chi connectivity index (χ2n) is 3.46. The van der Waals surface area contributed by atoms with Crippen LogP contribution >= 0.6 is 11.3 Å². The smallest absolute Gasteiger partial charge is 0.244 e. The van der Waals surface area contributed by atoms with E-state index in [0.717, 1.165) is 4.88 Å².